The fraction of sp³-hybridized carbons (Fsp3) is 0.0625. The summed E-state index contributed by atoms with van der Waals surface area (Å²) in [6, 6.07) is 13.6. The number of nitrogens with zero attached hydrogens (tertiary/aromatic N) is 3. The smallest absolute Gasteiger partial charge is 0.287 e. The molecule has 0 unspecified atom stereocenters. The molecule has 2 aromatic carbocycles. The third kappa shape index (κ3) is 4.17. The van der Waals surface area contributed by atoms with Crippen LogP contribution in [0.4, 0.5) is 10.8 Å². The van der Waals surface area contributed by atoms with Gasteiger partial charge in [-0.05, 0) is 17.7 Å². The topological polar surface area (TPSA) is 98.0 Å². The van der Waals surface area contributed by atoms with Gasteiger partial charge in [0.2, 0.25) is 5.13 Å². The van der Waals surface area contributed by atoms with Gasteiger partial charge in [0, 0.05) is 18.1 Å². The normalized spacial score (nSPS) is 10.4. The molecule has 0 aliphatic rings. The Morgan fingerprint density at radius 1 is 1.20 bits per heavy atom. The van der Waals surface area contributed by atoms with Crippen molar-refractivity contribution < 1.29 is 9.72 Å². The second-order valence-corrected chi connectivity index (χ2v) is 6.51. The van der Waals surface area contributed by atoms with Gasteiger partial charge in [0.25, 0.3) is 11.6 Å². The maximum atomic E-state index is 12.2. The fourth-order valence-corrected chi connectivity index (χ4v) is 3.13. The summed E-state index contributed by atoms with van der Waals surface area (Å²) in [7, 11) is 0. The first-order chi connectivity index (χ1) is 12.0. The van der Waals surface area contributed by atoms with Crippen molar-refractivity contribution in [3.63, 3.8) is 0 Å². The van der Waals surface area contributed by atoms with Gasteiger partial charge in [0.15, 0.2) is 0 Å². The van der Waals surface area contributed by atoms with E-state index in [2.05, 4.69) is 15.5 Å². The number of amides is 1. The summed E-state index contributed by atoms with van der Waals surface area (Å²) in [6.45, 7) is 0. The zero-order chi connectivity index (χ0) is 17.8. The first-order valence-electron chi connectivity index (χ1n) is 7.14. The van der Waals surface area contributed by atoms with Gasteiger partial charge in [0.05, 0.1) is 4.92 Å². The van der Waals surface area contributed by atoms with Crippen molar-refractivity contribution in [3.05, 3.63) is 79.8 Å². The molecule has 1 N–H and O–H groups in total. The summed E-state index contributed by atoms with van der Waals surface area (Å²) in [5.74, 6) is -0.459. The molecule has 0 saturated carbocycles. The molecule has 1 heterocycles. The lowest BCUT2D eigenvalue weighted by molar-refractivity contribution is -0.384. The van der Waals surface area contributed by atoms with E-state index in [4.69, 9.17) is 11.6 Å². The van der Waals surface area contributed by atoms with Crippen LogP contribution in [0.2, 0.25) is 5.02 Å². The molecular weight excluding hydrogens is 364 g/mol. The lowest BCUT2D eigenvalue weighted by atomic mass is 10.2. The zero-order valence-electron chi connectivity index (χ0n) is 12.7. The highest BCUT2D eigenvalue weighted by molar-refractivity contribution is 7.15. The van der Waals surface area contributed by atoms with Crippen molar-refractivity contribution in [2.75, 3.05) is 5.32 Å². The van der Waals surface area contributed by atoms with Crippen molar-refractivity contribution in [2.45, 2.75) is 6.42 Å². The number of halogens is 1. The predicted octanol–water partition coefficient (Wildman–Crippen LogP) is 3.94. The Bertz CT molecular complexity index is 930. The Morgan fingerprint density at radius 2 is 1.96 bits per heavy atom. The molecule has 0 radical (unpaired) electrons. The van der Waals surface area contributed by atoms with E-state index < -0.39 is 10.8 Å². The SMILES string of the molecule is O=C(Nc1nnc(Cc2ccccc2)s1)c1ccc([N+](=O)[O-])c(Cl)c1. The Hall–Kier alpha value is -2.84. The fourth-order valence-electron chi connectivity index (χ4n) is 2.11. The third-order valence-electron chi connectivity index (χ3n) is 3.29. The standard InChI is InChI=1S/C16H11ClN4O3S/c17-12-9-11(6-7-13(12)21(23)24)15(22)18-16-20-19-14(25-16)8-10-4-2-1-3-5-10/h1-7,9H,8H2,(H,18,20,22). The maximum absolute atomic E-state index is 12.2. The van der Waals surface area contributed by atoms with Crippen LogP contribution in [-0.2, 0) is 6.42 Å². The number of carbonyl (C=O) groups is 1. The predicted molar refractivity (Wildman–Crippen MR) is 95.2 cm³/mol. The average molecular weight is 375 g/mol. The zero-order valence-corrected chi connectivity index (χ0v) is 14.3. The van der Waals surface area contributed by atoms with Crippen LogP contribution >= 0.6 is 22.9 Å². The highest BCUT2D eigenvalue weighted by atomic mass is 35.5. The maximum Gasteiger partial charge on any atom is 0.287 e. The van der Waals surface area contributed by atoms with Crippen LogP contribution in [0, 0.1) is 10.1 Å². The molecule has 1 amide bonds. The number of rotatable bonds is 5. The third-order valence-corrected chi connectivity index (χ3v) is 4.43. The molecule has 25 heavy (non-hydrogen) atoms. The Balaban J connectivity index is 1.69. The van der Waals surface area contributed by atoms with Gasteiger partial charge in [-0.1, -0.05) is 53.3 Å². The molecule has 7 nitrogen and oxygen atoms in total. The summed E-state index contributed by atoms with van der Waals surface area (Å²) in [5, 5.41) is 22.4. The molecule has 0 fully saturated rings. The van der Waals surface area contributed by atoms with Crippen LogP contribution in [0.25, 0.3) is 0 Å². The minimum Gasteiger partial charge on any atom is -0.296 e. The van der Waals surface area contributed by atoms with Crippen LogP contribution in [-0.4, -0.2) is 21.0 Å². The Labute approximate surface area is 151 Å². The largest absolute Gasteiger partial charge is 0.296 e. The number of carbonyl (C=O) groups excluding carboxylic acids is 1. The van der Waals surface area contributed by atoms with Gasteiger partial charge in [-0.2, -0.15) is 0 Å². The Kier molecular flexibility index (Phi) is 5.01. The second-order valence-electron chi connectivity index (χ2n) is 5.04. The molecule has 1 aromatic heterocycles. The van der Waals surface area contributed by atoms with Gasteiger partial charge in [-0.25, -0.2) is 0 Å². The van der Waals surface area contributed by atoms with E-state index in [0.717, 1.165) is 10.6 Å². The molecule has 0 atom stereocenters. The summed E-state index contributed by atoms with van der Waals surface area (Å²) < 4.78 is 0. The minimum atomic E-state index is -0.607. The lowest BCUT2D eigenvalue weighted by Crippen LogP contribution is -2.11. The molecule has 3 rings (SSSR count). The van der Waals surface area contributed by atoms with Crippen molar-refractivity contribution in [2.24, 2.45) is 0 Å². The molecule has 0 spiro atoms. The number of aromatic nitrogens is 2. The van der Waals surface area contributed by atoms with E-state index in [9.17, 15) is 14.9 Å². The average Bonchev–Trinajstić information content (AvgIpc) is 3.02. The van der Waals surface area contributed by atoms with E-state index in [0.29, 0.717) is 11.6 Å². The molecule has 0 bridgehead atoms. The van der Waals surface area contributed by atoms with Crippen LogP contribution in [0.5, 0.6) is 0 Å². The molecule has 0 aliphatic carbocycles. The second kappa shape index (κ2) is 7.37. The summed E-state index contributed by atoms with van der Waals surface area (Å²) in [4.78, 5) is 22.4. The van der Waals surface area contributed by atoms with E-state index in [1.165, 1.54) is 29.5 Å². The number of benzene rings is 2. The monoisotopic (exact) mass is 374 g/mol. The quantitative estimate of drug-likeness (QED) is 0.538. The van der Waals surface area contributed by atoms with E-state index in [-0.39, 0.29) is 16.3 Å². The van der Waals surface area contributed by atoms with Gasteiger partial charge >= 0.3 is 0 Å². The summed E-state index contributed by atoms with van der Waals surface area (Å²) in [6.07, 6.45) is 0.623. The van der Waals surface area contributed by atoms with Crippen molar-refractivity contribution >= 4 is 39.7 Å². The highest BCUT2D eigenvalue weighted by Gasteiger charge is 2.16. The van der Waals surface area contributed by atoms with E-state index >= 15 is 0 Å². The number of hydrogen-bond acceptors (Lipinski definition) is 6. The molecule has 0 aliphatic heterocycles. The highest BCUT2D eigenvalue weighted by Crippen LogP contribution is 2.26. The number of hydrogen-bond donors (Lipinski definition) is 1. The van der Waals surface area contributed by atoms with Crippen LogP contribution in [0.3, 0.4) is 0 Å². The van der Waals surface area contributed by atoms with Crippen molar-refractivity contribution in [3.8, 4) is 0 Å². The first kappa shape index (κ1) is 17.0. The lowest BCUT2D eigenvalue weighted by Gasteiger charge is -2.02. The van der Waals surface area contributed by atoms with Crippen LogP contribution in [0.1, 0.15) is 20.9 Å². The molecule has 126 valence electrons. The summed E-state index contributed by atoms with van der Waals surface area (Å²) in [5.41, 5.74) is 1.05. The molecule has 9 heteroatoms. The van der Waals surface area contributed by atoms with Crippen LogP contribution in [0.15, 0.2) is 48.5 Å². The first-order valence-corrected chi connectivity index (χ1v) is 8.34. The van der Waals surface area contributed by atoms with Gasteiger partial charge in [0.1, 0.15) is 10.0 Å². The Morgan fingerprint density at radius 3 is 2.64 bits per heavy atom. The number of anilines is 1. The van der Waals surface area contributed by atoms with Gasteiger partial charge in [-0.3, -0.25) is 20.2 Å². The van der Waals surface area contributed by atoms with Gasteiger partial charge < -0.3 is 0 Å². The van der Waals surface area contributed by atoms with Crippen molar-refractivity contribution in [1.82, 2.24) is 10.2 Å². The number of nitro benzene ring substituents is 1. The van der Waals surface area contributed by atoms with Crippen LogP contribution < -0.4 is 5.32 Å². The molecule has 3 aromatic rings. The van der Waals surface area contributed by atoms with E-state index in [1.54, 1.807) is 0 Å². The summed E-state index contributed by atoms with van der Waals surface area (Å²) >= 11 is 7.09. The van der Waals surface area contributed by atoms with Crippen molar-refractivity contribution in [1.29, 1.82) is 0 Å². The number of nitro groups is 1. The minimum absolute atomic E-state index is 0.0975. The van der Waals surface area contributed by atoms with Gasteiger partial charge in [-0.15, -0.1) is 10.2 Å². The van der Waals surface area contributed by atoms with E-state index in [1.807, 2.05) is 30.3 Å². The molecule has 0 saturated heterocycles. The molecular formula is C16H11ClN4O3S. The number of nitrogens with one attached hydrogen (secondary N) is 1.